The highest BCUT2D eigenvalue weighted by Gasteiger charge is 2.28. The van der Waals surface area contributed by atoms with Crippen molar-refractivity contribution < 1.29 is 4.79 Å². The van der Waals surface area contributed by atoms with Gasteiger partial charge in [-0.05, 0) is 43.9 Å². The molecule has 0 spiro atoms. The Kier molecular flexibility index (Phi) is 4.46. The molecule has 0 unspecified atom stereocenters. The number of hydrogen-bond donors (Lipinski definition) is 1. The van der Waals surface area contributed by atoms with Gasteiger partial charge in [-0.3, -0.25) is 9.48 Å². The second-order valence-electron chi connectivity index (χ2n) is 4.92. The lowest BCUT2D eigenvalue weighted by atomic mass is 9.98. The van der Waals surface area contributed by atoms with Crippen molar-refractivity contribution in [2.24, 2.45) is 5.73 Å². The highest BCUT2D eigenvalue weighted by Crippen LogP contribution is 2.20. The van der Waals surface area contributed by atoms with E-state index < -0.39 is 5.54 Å². The molecule has 0 saturated carbocycles. The standard InChI is InChI=1S/C11H19BrN4O/c1-11(2,13)10(17)9-8(12)7-14-16(9)6-5-15(3)4/h7H,5-6,13H2,1-4H3. The molecule has 1 aromatic heterocycles. The molecule has 0 amide bonds. The van der Waals surface area contributed by atoms with Crippen molar-refractivity contribution in [3.63, 3.8) is 0 Å². The van der Waals surface area contributed by atoms with Gasteiger partial charge in [0, 0.05) is 6.54 Å². The Labute approximate surface area is 110 Å². The van der Waals surface area contributed by atoms with Crippen LogP contribution in [0.3, 0.4) is 0 Å². The van der Waals surface area contributed by atoms with E-state index in [4.69, 9.17) is 5.73 Å². The van der Waals surface area contributed by atoms with Gasteiger partial charge in [-0.25, -0.2) is 0 Å². The Bertz CT molecular complexity index is 406. The van der Waals surface area contributed by atoms with E-state index in [9.17, 15) is 4.79 Å². The van der Waals surface area contributed by atoms with Crippen molar-refractivity contribution in [1.29, 1.82) is 0 Å². The van der Waals surface area contributed by atoms with Gasteiger partial charge in [0.25, 0.3) is 0 Å². The van der Waals surface area contributed by atoms with E-state index in [1.165, 1.54) is 0 Å². The van der Waals surface area contributed by atoms with Crippen LogP contribution in [0.25, 0.3) is 0 Å². The number of halogens is 1. The smallest absolute Gasteiger partial charge is 0.201 e. The number of rotatable bonds is 5. The molecule has 0 aliphatic heterocycles. The molecule has 1 heterocycles. The maximum absolute atomic E-state index is 12.2. The molecule has 17 heavy (non-hydrogen) atoms. The van der Waals surface area contributed by atoms with Crippen LogP contribution in [-0.4, -0.2) is 46.6 Å². The Morgan fingerprint density at radius 3 is 2.65 bits per heavy atom. The molecule has 96 valence electrons. The van der Waals surface area contributed by atoms with E-state index in [0.29, 0.717) is 16.7 Å². The highest BCUT2D eigenvalue weighted by molar-refractivity contribution is 9.10. The Morgan fingerprint density at radius 1 is 1.59 bits per heavy atom. The minimum Gasteiger partial charge on any atom is -0.319 e. The number of likely N-dealkylation sites (N-methyl/N-ethyl adjacent to an activating group) is 1. The zero-order valence-electron chi connectivity index (χ0n) is 10.7. The molecule has 5 nitrogen and oxygen atoms in total. The quantitative estimate of drug-likeness (QED) is 0.828. The lowest BCUT2D eigenvalue weighted by molar-refractivity contribution is 0.0900. The molecule has 0 aromatic carbocycles. The first kappa shape index (κ1) is 14.3. The van der Waals surface area contributed by atoms with E-state index in [1.54, 1.807) is 24.7 Å². The number of carbonyl (C=O) groups is 1. The van der Waals surface area contributed by atoms with Crippen molar-refractivity contribution in [3.8, 4) is 0 Å². The van der Waals surface area contributed by atoms with Gasteiger partial charge in [-0.1, -0.05) is 0 Å². The third-order valence-corrected chi connectivity index (χ3v) is 2.93. The summed E-state index contributed by atoms with van der Waals surface area (Å²) in [6, 6.07) is 0. The molecule has 0 aliphatic rings. The van der Waals surface area contributed by atoms with Crippen LogP contribution in [0.4, 0.5) is 0 Å². The van der Waals surface area contributed by atoms with E-state index in [1.807, 2.05) is 19.0 Å². The lowest BCUT2D eigenvalue weighted by Crippen LogP contribution is -2.42. The molecule has 0 aliphatic carbocycles. The molecule has 2 N–H and O–H groups in total. The fourth-order valence-corrected chi connectivity index (χ4v) is 1.83. The fourth-order valence-electron chi connectivity index (χ4n) is 1.36. The summed E-state index contributed by atoms with van der Waals surface area (Å²) in [5, 5.41) is 4.19. The number of aromatic nitrogens is 2. The van der Waals surface area contributed by atoms with Crippen molar-refractivity contribution in [1.82, 2.24) is 14.7 Å². The molecule has 0 radical (unpaired) electrons. The van der Waals surface area contributed by atoms with Crippen LogP contribution in [0.15, 0.2) is 10.7 Å². The molecule has 0 atom stereocenters. The molecule has 0 fully saturated rings. The van der Waals surface area contributed by atoms with Crippen molar-refractivity contribution in [2.75, 3.05) is 20.6 Å². The summed E-state index contributed by atoms with van der Waals surface area (Å²) in [5.74, 6) is -0.111. The van der Waals surface area contributed by atoms with E-state index in [-0.39, 0.29) is 5.78 Å². The second-order valence-corrected chi connectivity index (χ2v) is 5.77. The molecule has 1 aromatic rings. The average Bonchev–Trinajstić information content (AvgIpc) is 2.54. The number of carbonyl (C=O) groups excluding carboxylic acids is 1. The summed E-state index contributed by atoms with van der Waals surface area (Å²) in [7, 11) is 3.96. The van der Waals surface area contributed by atoms with Gasteiger partial charge in [-0.15, -0.1) is 0 Å². The van der Waals surface area contributed by atoms with E-state index in [2.05, 4.69) is 21.0 Å². The molecule has 1 rings (SSSR count). The van der Waals surface area contributed by atoms with Crippen molar-refractivity contribution in [3.05, 3.63) is 16.4 Å². The van der Waals surface area contributed by atoms with Crippen LogP contribution >= 0.6 is 15.9 Å². The Morgan fingerprint density at radius 2 is 2.18 bits per heavy atom. The third-order valence-electron chi connectivity index (χ3n) is 2.35. The average molecular weight is 303 g/mol. The predicted molar refractivity (Wildman–Crippen MR) is 71.1 cm³/mol. The van der Waals surface area contributed by atoms with Gasteiger partial charge in [0.15, 0.2) is 0 Å². The monoisotopic (exact) mass is 302 g/mol. The number of hydrogen-bond acceptors (Lipinski definition) is 4. The fraction of sp³-hybridized carbons (Fsp3) is 0.636. The summed E-state index contributed by atoms with van der Waals surface area (Å²) in [6.07, 6.45) is 1.63. The summed E-state index contributed by atoms with van der Waals surface area (Å²) in [6.45, 7) is 4.88. The molecule has 6 heteroatoms. The van der Waals surface area contributed by atoms with Crippen LogP contribution in [0.5, 0.6) is 0 Å². The third kappa shape index (κ3) is 3.62. The maximum Gasteiger partial charge on any atom is 0.201 e. The Balaban J connectivity index is 2.98. The van der Waals surface area contributed by atoms with Gasteiger partial charge < -0.3 is 10.6 Å². The number of nitrogens with zero attached hydrogens (tertiary/aromatic N) is 3. The maximum atomic E-state index is 12.2. The van der Waals surface area contributed by atoms with E-state index in [0.717, 1.165) is 6.54 Å². The number of ketones is 1. The zero-order valence-corrected chi connectivity index (χ0v) is 12.3. The van der Waals surface area contributed by atoms with Gasteiger partial charge in [-0.2, -0.15) is 5.10 Å². The first-order valence-electron chi connectivity index (χ1n) is 5.43. The first-order valence-corrected chi connectivity index (χ1v) is 6.22. The SMILES string of the molecule is CN(C)CCn1ncc(Br)c1C(=O)C(C)(C)N. The topological polar surface area (TPSA) is 64.2 Å². The summed E-state index contributed by atoms with van der Waals surface area (Å²) >= 11 is 3.34. The molecule has 0 bridgehead atoms. The van der Waals surface area contributed by atoms with Gasteiger partial charge in [0.1, 0.15) is 5.69 Å². The van der Waals surface area contributed by atoms with Gasteiger partial charge in [0.2, 0.25) is 5.78 Å². The lowest BCUT2D eigenvalue weighted by Gasteiger charge is -2.18. The van der Waals surface area contributed by atoms with Gasteiger partial charge in [0.05, 0.1) is 22.8 Å². The second kappa shape index (κ2) is 5.29. The largest absolute Gasteiger partial charge is 0.319 e. The first-order chi connectivity index (χ1) is 7.73. The van der Waals surface area contributed by atoms with Crippen molar-refractivity contribution >= 4 is 21.7 Å². The minimum absolute atomic E-state index is 0.111. The normalized spacial score (nSPS) is 12.2. The van der Waals surface area contributed by atoms with Crippen LogP contribution in [0.2, 0.25) is 0 Å². The summed E-state index contributed by atoms with van der Waals surface area (Å²) < 4.78 is 2.39. The predicted octanol–water partition coefficient (Wildman–Crippen LogP) is 1.13. The van der Waals surface area contributed by atoms with Crippen LogP contribution in [0, 0.1) is 0 Å². The molecular formula is C11H19BrN4O. The van der Waals surface area contributed by atoms with Gasteiger partial charge >= 0.3 is 0 Å². The van der Waals surface area contributed by atoms with E-state index >= 15 is 0 Å². The zero-order chi connectivity index (χ0) is 13.2. The highest BCUT2D eigenvalue weighted by atomic mass is 79.9. The Hall–Kier alpha value is -0.720. The molecular weight excluding hydrogens is 284 g/mol. The minimum atomic E-state index is -0.890. The number of nitrogens with two attached hydrogens (primary N) is 1. The van der Waals surface area contributed by atoms with Crippen LogP contribution in [0.1, 0.15) is 24.3 Å². The van der Waals surface area contributed by atoms with Crippen LogP contribution in [-0.2, 0) is 6.54 Å². The van der Waals surface area contributed by atoms with Crippen molar-refractivity contribution in [2.45, 2.75) is 25.9 Å². The van der Waals surface area contributed by atoms with Crippen LogP contribution < -0.4 is 5.73 Å². The summed E-state index contributed by atoms with van der Waals surface area (Å²) in [5.41, 5.74) is 5.49. The molecule has 0 saturated heterocycles. The summed E-state index contributed by atoms with van der Waals surface area (Å²) in [4.78, 5) is 14.2. The number of Topliss-reactive ketones (excluding diaryl/α,β-unsaturated/α-hetero) is 1.